The fourth-order valence-electron chi connectivity index (χ4n) is 2.64. The molecule has 106 valence electrons. The Hall–Kier alpha value is -1.33. The number of rotatable bonds is 3. The molecule has 0 atom stereocenters. The van der Waals surface area contributed by atoms with E-state index in [1.807, 2.05) is 0 Å². The molecule has 19 heavy (non-hydrogen) atoms. The van der Waals surface area contributed by atoms with Crippen LogP contribution in [0.1, 0.15) is 33.4 Å². The van der Waals surface area contributed by atoms with E-state index < -0.39 is 11.9 Å². The topological polar surface area (TPSA) is 37.8 Å². The Morgan fingerprint density at radius 3 is 2.26 bits per heavy atom. The molecule has 0 saturated heterocycles. The van der Waals surface area contributed by atoms with Gasteiger partial charge in [-0.15, -0.1) is 0 Å². The molecule has 0 aromatic carbocycles. The molecule has 0 unspecified atom stereocenters. The van der Waals surface area contributed by atoms with Gasteiger partial charge in [-0.25, -0.2) is 9.97 Å². The average molecular weight is 273 g/mol. The van der Waals surface area contributed by atoms with E-state index in [1.165, 1.54) is 0 Å². The van der Waals surface area contributed by atoms with Gasteiger partial charge in [-0.3, -0.25) is 0 Å². The summed E-state index contributed by atoms with van der Waals surface area (Å²) in [5, 5.41) is 2.91. The molecule has 0 bridgehead atoms. The Morgan fingerprint density at radius 1 is 1.21 bits per heavy atom. The molecule has 2 rings (SSSR count). The van der Waals surface area contributed by atoms with Crippen LogP contribution >= 0.6 is 0 Å². The van der Waals surface area contributed by atoms with Crippen LogP contribution in [0.25, 0.3) is 0 Å². The predicted octanol–water partition coefficient (Wildman–Crippen LogP) is 3.59. The Balaban J connectivity index is 2.02. The Morgan fingerprint density at radius 2 is 1.79 bits per heavy atom. The maximum Gasteiger partial charge on any atom is 0.433 e. The van der Waals surface area contributed by atoms with Gasteiger partial charge in [-0.2, -0.15) is 13.2 Å². The molecule has 0 amide bonds. The van der Waals surface area contributed by atoms with E-state index in [4.69, 9.17) is 0 Å². The molecule has 1 saturated carbocycles. The zero-order valence-corrected chi connectivity index (χ0v) is 11.5. The lowest BCUT2D eigenvalue weighted by Crippen LogP contribution is -2.14. The van der Waals surface area contributed by atoms with Crippen LogP contribution < -0.4 is 5.32 Å². The summed E-state index contributed by atoms with van der Waals surface area (Å²) in [5.41, 5.74) is -0.553. The number of hydrogen-bond donors (Lipinski definition) is 1. The van der Waals surface area contributed by atoms with Crippen LogP contribution in [-0.4, -0.2) is 16.5 Å². The second-order valence-corrected chi connectivity index (χ2v) is 6.14. The molecule has 1 aliphatic rings. The normalized spacial score (nSPS) is 21.2. The lowest BCUT2D eigenvalue weighted by molar-refractivity contribution is -0.141. The zero-order chi connectivity index (χ0) is 14.5. The van der Waals surface area contributed by atoms with Crippen LogP contribution in [0.15, 0.2) is 12.3 Å². The van der Waals surface area contributed by atoms with E-state index in [1.54, 1.807) is 0 Å². The van der Waals surface area contributed by atoms with Crippen molar-refractivity contribution in [2.24, 2.45) is 16.7 Å². The molecular weight excluding hydrogens is 255 g/mol. The van der Waals surface area contributed by atoms with Gasteiger partial charge in [-0.1, -0.05) is 27.7 Å². The van der Waals surface area contributed by atoms with Gasteiger partial charge in [0.25, 0.3) is 0 Å². The van der Waals surface area contributed by atoms with Gasteiger partial charge in [-0.05, 0) is 22.8 Å². The Bertz CT molecular complexity index is 466. The highest BCUT2D eigenvalue weighted by molar-refractivity contribution is 5.28. The number of aromatic nitrogens is 2. The van der Waals surface area contributed by atoms with Crippen LogP contribution in [0.5, 0.6) is 0 Å². The SMILES string of the molecule is CC1(C)C(CNc2nccc(C(F)(F)F)n2)C1(C)C. The lowest BCUT2D eigenvalue weighted by atomic mass is 10.0. The number of nitrogens with one attached hydrogen (secondary N) is 1. The second kappa shape index (κ2) is 4.08. The first kappa shape index (κ1) is 14.1. The first-order valence-corrected chi connectivity index (χ1v) is 6.21. The van der Waals surface area contributed by atoms with Gasteiger partial charge in [0.15, 0.2) is 0 Å². The minimum atomic E-state index is -4.43. The zero-order valence-electron chi connectivity index (χ0n) is 11.5. The molecule has 3 nitrogen and oxygen atoms in total. The maximum absolute atomic E-state index is 12.5. The Labute approximate surface area is 110 Å². The molecule has 1 aliphatic carbocycles. The van der Waals surface area contributed by atoms with Crippen molar-refractivity contribution < 1.29 is 13.2 Å². The smallest absolute Gasteiger partial charge is 0.354 e. The first-order valence-electron chi connectivity index (χ1n) is 6.21. The molecule has 0 radical (unpaired) electrons. The van der Waals surface area contributed by atoms with E-state index in [0.29, 0.717) is 12.5 Å². The maximum atomic E-state index is 12.5. The van der Waals surface area contributed by atoms with E-state index in [-0.39, 0.29) is 16.8 Å². The molecule has 0 spiro atoms. The van der Waals surface area contributed by atoms with Gasteiger partial charge in [0, 0.05) is 12.7 Å². The highest BCUT2D eigenvalue weighted by atomic mass is 19.4. The third-order valence-electron chi connectivity index (χ3n) is 4.73. The Kier molecular flexibility index (Phi) is 3.03. The monoisotopic (exact) mass is 273 g/mol. The van der Waals surface area contributed by atoms with Gasteiger partial charge in [0.05, 0.1) is 0 Å². The number of hydrogen-bond acceptors (Lipinski definition) is 3. The standard InChI is InChI=1S/C13H18F3N3/c1-11(2)8(12(11,3)4)7-18-10-17-6-5-9(19-10)13(14,15)16/h5-6,8H,7H2,1-4H3,(H,17,18,19). The first-order chi connectivity index (χ1) is 8.57. The molecule has 1 heterocycles. The summed E-state index contributed by atoms with van der Waals surface area (Å²) < 4.78 is 37.5. The minimum absolute atomic E-state index is 0.0355. The van der Waals surface area contributed by atoms with Crippen molar-refractivity contribution in [3.63, 3.8) is 0 Å². The van der Waals surface area contributed by atoms with Gasteiger partial charge in [0.1, 0.15) is 5.69 Å². The van der Waals surface area contributed by atoms with Gasteiger partial charge in [0.2, 0.25) is 5.95 Å². The molecule has 1 fully saturated rings. The van der Waals surface area contributed by atoms with E-state index >= 15 is 0 Å². The minimum Gasteiger partial charge on any atom is -0.354 e. The molecule has 6 heteroatoms. The van der Waals surface area contributed by atoms with Crippen molar-refractivity contribution in [3.05, 3.63) is 18.0 Å². The highest BCUT2D eigenvalue weighted by Gasteiger charge is 2.64. The third-order valence-corrected chi connectivity index (χ3v) is 4.73. The highest BCUT2D eigenvalue weighted by Crippen LogP contribution is 2.68. The van der Waals surface area contributed by atoms with E-state index in [2.05, 4.69) is 43.0 Å². The summed E-state index contributed by atoms with van der Waals surface area (Å²) in [6.45, 7) is 9.22. The second-order valence-electron chi connectivity index (χ2n) is 6.14. The fourth-order valence-corrected chi connectivity index (χ4v) is 2.64. The van der Waals surface area contributed by atoms with Crippen LogP contribution in [0.3, 0.4) is 0 Å². The van der Waals surface area contributed by atoms with E-state index in [0.717, 1.165) is 12.3 Å². The summed E-state index contributed by atoms with van der Waals surface area (Å²) in [6.07, 6.45) is -3.31. The van der Waals surface area contributed by atoms with Crippen LogP contribution in [-0.2, 0) is 6.18 Å². The number of anilines is 1. The third kappa shape index (κ3) is 2.40. The summed E-state index contributed by atoms with van der Waals surface area (Å²) in [5.74, 6) is 0.437. The van der Waals surface area contributed by atoms with Crippen molar-refractivity contribution in [2.75, 3.05) is 11.9 Å². The number of halogens is 3. The van der Waals surface area contributed by atoms with Crippen molar-refractivity contribution >= 4 is 5.95 Å². The van der Waals surface area contributed by atoms with Crippen LogP contribution in [0.2, 0.25) is 0 Å². The lowest BCUT2D eigenvalue weighted by Gasteiger charge is -2.09. The average Bonchev–Trinajstić information content (AvgIpc) is 2.66. The summed E-state index contributed by atoms with van der Waals surface area (Å²) in [7, 11) is 0. The van der Waals surface area contributed by atoms with Crippen LogP contribution in [0.4, 0.5) is 19.1 Å². The quantitative estimate of drug-likeness (QED) is 0.914. The van der Waals surface area contributed by atoms with Crippen molar-refractivity contribution in [1.29, 1.82) is 0 Å². The number of alkyl halides is 3. The molecule has 1 N–H and O–H groups in total. The van der Waals surface area contributed by atoms with Gasteiger partial charge < -0.3 is 5.32 Å². The fraction of sp³-hybridized carbons (Fsp3) is 0.692. The largest absolute Gasteiger partial charge is 0.433 e. The summed E-state index contributed by atoms with van der Waals surface area (Å²) >= 11 is 0. The molecule has 0 aliphatic heterocycles. The summed E-state index contributed by atoms with van der Waals surface area (Å²) in [4.78, 5) is 7.32. The summed E-state index contributed by atoms with van der Waals surface area (Å²) in [6, 6.07) is 0.871. The van der Waals surface area contributed by atoms with Crippen molar-refractivity contribution in [1.82, 2.24) is 9.97 Å². The number of nitrogens with zero attached hydrogens (tertiary/aromatic N) is 2. The van der Waals surface area contributed by atoms with Crippen molar-refractivity contribution in [3.8, 4) is 0 Å². The van der Waals surface area contributed by atoms with Crippen LogP contribution in [0, 0.1) is 16.7 Å². The van der Waals surface area contributed by atoms with Gasteiger partial charge >= 0.3 is 6.18 Å². The molecular formula is C13H18F3N3. The molecule has 1 aromatic rings. The molecule has 1 aromatic heterocycles. The predicted molar refractivity (Wildman–Crippen MR) is 66.6 cm³/mol. The van der Waals surface area contributed by atoms with Crippen molar-refractivity contribution in [2.45, 2.75) is 33.9 Å². The van der Waals surface area contributed by atoms with E-state index in [9.17, 15) is 13.2 Å².